The van der Waals surface area contributed by atoms with Gasteiger partial charge >= 0.3 is 0 Å². The highest BCUT2D eigenvalue weighted by Gasteiger charge is 2.47. The van der Waals surface area contributed by atoms with Crippen LogP contribution in [0.3, 0.4) is 0 Å². The van der Waals surface area contributed by atoms with Crippen LogP contribution in [-0.4, -0.2) is 20.1 Å². The van der Waals surface area contributed by atoms with E-state index < -0.39 is 15.0 Å². The Morgan fingerprint density at radius 1 is 1.19 bits per heavy atom. The molecule has 1 saturated heterocycles. The van der Waals surface area contributed by atoms with Gasteiger partial charge in [0.2, 0.25) is 9.84 Å². The minimum atomic E-state index is -3.99. The molecule has 1 heterocycles. The average Bonchev–Trinajstić information content (AvgIpc) is 2.31. The van der Waals surface area contributed by atoms with Gasteiger partial charge < -0.3 is 0 Å². The summed E-state index contributed by atoms with van der Waals surface area (Å²) in [6.07, 6.45) is 1.28. The summed E-state index contributed by atoms with van der Waals surface area (Å²) < 4.78 is 38.4. The lowest BCUT2D eigenvalue weighted by Crippen LogP contribution is -2.46. The molecule has 1 unspecified atom stereocenters. The van der Waals surface area contributed by atoms with Gasteiger partial charge in [0.25, 0.3) is 5.12 Å². The Labute approximate surface area is 94.6 Å². The smallest absolute Gasteiger partial charge is 0.219 e. The largest absolute Gasteiger partial charge is 0.281 e. The maximum absolute atomic E-state index is 14.3. The lowest BCUT2D eigenvalue weighted by Gasteiger charge is -2.28. The number of hydrogen-bond donors (Lipinski definition) is 0. The molecule has 1 atom stereocenters. The second kappa shape index (κ2) is 4.14. The van der Waals surface area contributed by atoms with Crippen molar-refractivity contribution in [2.45, 2.75) is 29.3 Å². The zero-order valence-corrected chi connectivity index (χ0v) is 9.58. The van der Waals surface area contributed by atoms with Crippen molar-refractivity contribution in [3.8, 4) is 0 Å². The van der Waals surface area contributed by atoms with Crippen molar-refractivity contribution in [2.75, 3.05) is 6.54 Å². The first-order valence-corrected chi connectivity index (χ1v) is 6.72. The van der Waals surface area contributed by atoms with Crippen LogP contribution in [0, 0.1) is 0 Å². The number of piperidine rings is 1. The van der Waals surface area contributed by atoms with Crippen molar-refractivity contribution < 1.29 is 12.8 Å². The molecule has 1 aromatic rings. The molecule has 1 radical (unpaired) electrons. The summed E-state index contributed by atoms with van der Waals surface area (Å²) in [5, 5.41) is 1.23. The quantitative estimate of drug-likeness (QED) is 0.743. The van der Waals surface area contributed by atoms with Crippen LogP contribution < -0.4 is 5.32 Å². The van der Waals surface area contributed by atoms with Gasteiger partial charge in [-0.25, -0.2) is 12.8 Å². The van der Waals surface area contributed by atoms with E-state index in [1.165, 1.54) is 12.1 Å². The van der Waals surface area contributed by atoms with E-state index in [0.29, 0.717) is 6.42 Å². The Morgan fingerprint density at radius 3 is 2.44 bits per heavy atom. The van der Waals surface area contributed by atoms with E-state index in [9.17, 15) is 12.8 Å². The van der Waals surface area contributed by atoms with Crippen molar-refractivity contribution in [1.29, 1.82) is 0 Å². The van der Waals surface area contributed by atoms with Crippen LogP contribution in [0.15, 0.2) is 35.2 Å². The van der Waals surface area contributed by atoms with Gasteiger partial charge in [0.1, 0.15) is 0 Å². The Hall–Kier alpha value is -0.940. The highest BCUT2D eigenvalue weighted by atomic mass is 32.2. The van der Waals surface area contributed by atoms with Crippen LogP contribution in [0.5, 0.6) is 0 Å². The number of benzene rings is 1. The SMILES string of the molecule is O=S(=O)(c1ccccc1)C1(F)CCCC[N]1. The number of rotatable bonds is 2. The predicted octanol–water partition coefficient (Wildman–Crippen LogP) is 1.87. The molecule has 0 N–H and O–H groups in total. The second-order valence-corrected chi connectivity index (χ2v) is 5.95. The molecule has 1 fully saturated rings. The molecular formula is C11H13FNO2S. The summed E-state index contributed by atoms with van der Waals surface area (Å²) in [5.41, 5.74) is 0. The maximum Gasteiger partial charge on any atom is 0.281 e. The van der Waals surface area contributed by atoms with Gasteiger partial charge in [0, 0.05) is 13.0 Å². The molecule has 0 aliphatic carbocycles. The first kappa shape index (κ1) is 11.5. The number of halogens is 1. The van der Waals surface area contributed by atoms with E-state index in [1.807, 2.05) is 0 Å². The maximum atomic E-state index is 14.3. The van der Waals surface area contributed by atoms with Crippen molar-refractivity contribution in [3.63, 3.8) is 0 Å². The van der Waals surface area contributed by atoms with E-state index in [2.05, 4.69) is 5.32 Å². The van der Waals surface area contributed by atoms with Crippen LogP contribution in [-0.2, 0) is 9.84 Å². The summed E-state index contributed by atoms with van der Waals surface area (Å²) in [7, 11) is -3.99. The second-order valence-electron chi connectivity index (χ2n) is 3.84. The number of alkyl halides is 1. The molecule has 3 nitrogen and oxygen atoms in total. The molecule has 16 heavy (non-hydrogen) atoms. The topological polar surface area (TPSA) is 48.2 Å². The Morgan fingerprint density at radius 2 is 1.88 bits per heavy atom. The van der Waals surface area contributed by atoms with Gasteiger partial charge in [0.15, 0.2) is 0 Å². The fraction of sp³-hybridized carbons (Fsp3) is 0.455. The summed E-state index contributed by atoms with van der Waals surface area (Å²) in [4.78, 5) is 0.00292. The first-order valence-electron chi connectivity index (χ1n) is 5.23. The molecule has 0 bridgehead atoms. The van der Waals surface area contributed by atoms with E-state index in [4.69, 9.17) is 0 Å². The van der Waals surface area contributed by atoms with Crippen molar-refractivity contribution in [2.24, 2.45) is 0 Å². The highest BCUT2D eigenvalue weighted by Crippen LogP contribution is 2.33. The van der Waals surface area contributed by atoms with Crippen molar-refractivity contribution >= 4 is 9.84 Å². The van der Waals surface area contributed by atoms with Crippen LogP contribution in [0.4, 0.5) is 4.39 Å². The minimum absolute atomic E-state index is 0.00292. The van der Waals surface area contributed by atoms with Crippen molar-refractivity contribution in [1.82, 2.24) is 5.32 Å². The molecule has 0 amide bonds. The third-order valence-electron chi connectivity index (χ3n) is 2.71. The zero-order chi connectivity index (χ0) is 11.6. The molecule has 1 aliphatic heterocycles. The van der Waals surface area contributed by atoms with Gasteiger partial charge in [-0.15, -0.1) is 0 Å². The van der Waals surface area contributed by atoms with Crippen molar-refractivity contribution in [3.05, 3.63) is 30.3 Å². The van der Waals surface area contributed by atoms with Gasteiger partial charge in [0.05, 0.1) is 4.90 Å². The standard InChI is InChI=1S/C11H13FNO2S/c12-11(8-4-5-9-13-11)16(14,15)10-6-2-1-3-7-10/h1-3,6-7H,4-5,8-9H2. The lowest BCUT2D eigenvalue weighted by atomic mass is 10.1. The van der Waals surface area contributed by atoms with Crippen LogP contribution >= 0.6 is 0 Å². The molecule has 0 saturated carbocycles. The van der Waals surface area contributed by atoms with E-state index >= 15 is 0 Å². The normalized spacial score (nSPS) is 26.6. The summed E-state index contributed by atoms with van der Waals surface area (Å²) in [6, 6.07) is 7.67. The average molecular weight is 242 g/mol. The Balaban J connectivity index is 2.39. The highest BCUT2D eigenvalue weighted by molar-refractivity contribution is 7.92. The Bertz CT molecular complexity index is 452. The monoisotopic (exact) mass is 242 g/mol. The minimum Gasteiger partial charge on any atom is -0.219 e. The molecule has 5 heteroatoms. The molecule has 1 aliphatic rings. The number of sulfone groups is 1. The van der Waals surface area contributed by atoms with Crippen LogP contribution in [0.1, 0.15) is 19.3 Å². The molecular weight excluding hydrogens is 229 g/mol. The first-order chi connectivity index (χ1) is 7.56. The summed E-state index contributed by atoms with van der Waals surface area (Å²) >= 11 is 0. The summed E-state index contributed by atoms with van der Waals surface area (Å²) in [5.74, 6) is 0. The van der Waals surface area contributed by atoms with E-state index in [0.717, 1.165) is 6.42 Å². The Kier molecular flexibility index (Phi) is 2.99. The summed E-state index contributed by atoms with van der Waals surface area (Å²) in [6.45, 7) is 0.280. The number of hydrogen-bond acceptors (Lipinski definition) is 2. The van der Waals surface area contributed by atoms with Crippen LogP contribution in [0.2, 0.25) is 0 Å². The van der Waals surface area contributed by atoms with Gasteiger partial charge in [-0.1, -0.05) is 18.2 Å². The van der Waals surface area contributed by atoms with E-state index in [-0.39, 0.29) is 17.9 Å². The number of nitrogens with zero attached hydrogens (tertiary/aromatic N) is 1. The fourth-order valence-electron chi connectivity index (χ4n) is 1.78. The molecule has 2 rings (SSSR count). The van der Waals surface area contributed by atoms with Gasteiger partial charge in [-0.3, -0.25) is 0 Å². The predicted molar refractivity (Wildman–Crippen MR) is 58.3 cm³/mol. The van der Waals surface area contributed by atoms with Crippen LogP contribution in [0.25, 0.3) is 0 Å². The van der Waals surface area contributed by atoms with E-state index in [1.54, 1.807) is 18.2 Å². The lowest BCUT2D eigenvalue weighted by molar-refractivity contribution is 0.163. The molecule has 0 aromatic heterocycles. The van der Waals surface area contributed by atoms with Gasteiger partial charge in [-0.2, -0.15) is 5.32 Å². The van der Waals surface area contributed by atoms with Gasteiger partial charge in [-0.05, 0) is 25.0 Å². The fourth-order valence-corrected chi connectivity index (χ4v) is 3.33. The molecule has 1 aromatic carbocycles. The third kappa shape index (κ3) is 1.85. The molecule has 0 spiro atoms. The molecule has 87 valence electrons. The zero-order valence-electron chi connectivity index (χ0n) is 8.77. The third-order valence-corrected chi connectivity index (χ3v) is 4.76.